The highest BCUT2D eigenvalue weighted by atomic mass is 35.5. The average molecular weight is 1540 g/mol. The summed E-state index contributed by atoms with van der Waals surface area (Å²) in [6.07, 6.45) is 26.0. The van der Waals surface area contributed by atoms with Gasteiger partial charge in [-0.05, 0) is 204 Å². The maximum atomic E-state index is 12.5. The first-order chi connectivity index (χ1) is 51.9. The molecule has 4 aliphatic carbocycles. The molecule has 4 heterocycles. The average Bonchev–Trinajstić information content (AvgIpc) is 1.78. The highest BCUT2D eigenvalue weighted by molar-refractivity contribution is 6.32. The van der Waals surface area contributed by atoms with E-state index in [-0.39, 0.29) is 41.8 Å². The number of nitrogens with zero attached hydrogens (tertiary/aromatic N) is 11. The number of benzene rings is 4. The summed E-state index contributed by atoms with van der Waals surface area (Å²) < 4.78 is 24.1. The molecule has 0 spiro atoms. The molecule has 108 heavy (non-hydrogen) atoms. The van der Waals surface area contributed by atoms with Crippen LogP contribution < -0.4 is 18.9 Å². The number of halogens is 4. The first kappa shape index (κ1) is 82.7. The zero-order valence-electron chi connectivity index (χ0n) is 62.6. The fourth-order valence-electron chi connectivity index (χ4n) is 13.6. The molecule has 23 heteroatoms. The molecule has 4 aromatic carbocycles. The number of nitriles is 4. The van der Waals surface area contributed by atoms with Gasteiger partial charge in [-0.15, -0.1) is 5.10 Å². The maximum absolute atomic E-state index is 12.5. The van der Waals surface area contributed by atoms with Gasteiger partial charge in [0.05, 0.1) is 84.3 Å². The molecule has 0 radical (unpaired) electrons. The number of hydrogen-bond acceptors (Lipinski definition) is 18. The van der Waals surface area contributed by atoms with Gasteiger partial charge in [0.15, 0.2) is 23.2 Å². The number of aromatic amines is 1. The molecule has 564 valence electrons. The Kier molecular flexibility index (Phi) is 31.2. The van der Waals surface area contributed by atoms with Crippen LogP contribution in [0.3, 0.4) is 0 Å². The first-order valence-corrected chi connectivity index (χ1v) is 39.0. The standard InChI is InChI=1S/3C22H24ClN3O2.C19H22ClN3O/c1-14(2)17-12-25-22(26-13-17)21(27)9-15-3-6-18(7-4-15)28-19-8-5-16(11-24)20(23)10-19;1-14(2)20-12-26-21(13-25-20)22(27)9-15-3-6-17(7-4-15)28-18-8-5-16(11-24)19(23)10-18;1-14(2)20-9-10-21(26-25-20)22(27)11-15-3-6-17(7-4-15)28-18-8-5-16(13-24)19(23)12-18;1-12(2)19-22-11-18(23-19)13-3-6-15(7-4-13)24-16-8-5-14(10-21)17(20)9-16/h5,8,10,12-15,18H,3-4,6-7,9H2,1-2H3;5,8,10,12-15,17H,3-4,6-7,9H2,1-2H3;5,8-10,12,14-15,17H,3-4,6-7,11H2,1-2H3;5,8-9,11-13,15H,3-4,6-7H2,1-2H3,(H,22,23). The SMILES string of the molecule is CC(C)c1ccc(C(=O)CC2CCC(Oc3ccc(C#N)c(Cl)c3)CC2)nn1.CC(C)c1cnc(C(=O)CC2CCC(Oc3ccc(C#N)c(Cl)c3)CC2)cn1.CC(C)c1cnc(C(=O)CC2CCC(Oc3ccc(C#N)c(Cl)c3)CC2)nc1.CC(C)c1ncc(C2CCC(Oc3ccc(C#N)c(Cl)c3)CC2)[nH]1. The summed E-state index contributed by atoms with van der Waals surface area (Å²) in [6, 6.07) is 32.5. The van der Waals surface area contributed by atoms with Crippen molar-refractivity contribution in [3.63, 3.8) is 0 Å². The minimum absolute atomic E-state index is 0.0125. The molecule has 0 unspecified atom stereocenters. The summed E-state index contributed by atoms with van der Waals surface area (Å²) >= 11 is 24.2. The Bertz CT molecular complexity index is 4130. The van der Waals surface area contributed by atoms with Gasteiger partial charge in [0.25, 0.3) is 0 Å². The summed E-state index contributed by atoms with van der Waals surface area (Å²) in [5, 5.41) is 45.7. The molecule has 0 bridgehead atoms. The van der Waals surface area contributed by atoms with E-state index >= 15 is 0 Å². The molecule has 12 rings (SSSR count). The third-order valence-corrected chi connectivity index (χ3v) is 21.5. The van der Waals surface area contributed by atoms with Crippen LogP contribution in [0.5, 0.6) is 23.0 Å². The van der Waals surface area contributed by atoms with Crippen LogP contribution in [0.2, 0.25) is 20.1 Å². The van der Waals surface area contributed by atoms with E-state index in [2.05, 4.69) is 102 Å². The third-order valence-electron chi connectivity index (χ3n) is 20.2. The van der Waals surface area contributed by atoms with Crippen molar-refractivity contribution in [2.45, 2.75) is 231 Å². The maximum Gasteiger partial charge on any atom is 0.200 e. The van der Waals surface area contributed by atoms with Gasteiger partial charge < -0.3 is 23.9 Å². The molecule has 4 saturated carbocycles. The fraction of sp³-hybridized carbons (Fsp3) is 0.459. The van der Waals surface area contributed by atoms with Gasteiger partial charge in [0, 0.05) is 85.8 Å². The van der Waals surface area contributed by atoms with E-state index in [4.69, 9.17) is 86.4 Å². The quantitative estimate of drug-likeness (QED) is 0.0617. The molecule has 1 N–H and O–H groups in total. The monoisotopic (exact) mass is 1530 g/mol. The normalized spacial score (nSPS) is 19.6. The Labute approximate surface area is 654 Å². The molecular weight excluding hydrogens is 1440 g/mol. The molecular formula is C85H94Cl4N12O7. The summed E-state index contributed by atoms with van der Waals surface area (Å²) in [7, 11) is 0. The van der Waals surface area contributed by atoms with Gasteiger partial charge >= 0.3 is 0 Å². The van der Waals surface area contributed by atoms with E-state index in [1.165, 1.54) is 5.69 Å². The number of aromatic nitrogens is 8. The third kappa shape index (κ3) is 24.6. The van der Waals surface area contributed by atoms with Crippen molar-refractivity contribution < 1.29 is 33.3 Å². The topological polar surface area (TPSA) is 289 Å². The van der Waals surface area contributed by atoms with Gasteiger partial charge in [-0.2, -0.15) is 26.1 Å². The van der Waals surface area contributed by atoms with Crippen LogP contribution >= 0.6 is 46.4 Å². The summed E-state index contributed by atoms with van der Waals surface area (Å²) in [4.78, 5) is 62.5. The smallest absolute Gasteiger partial charge is 0.200 e. The number of rotatable bonds is 22. The predicted molar refractivity (Wildman–Crippen MR) is 417 cm³/mol. The van der Waals surface area contributed by atoms with Crippen molar-refractivity contribution in [1.82, 2.24) is 40.1 Å². The van der Waals surface area contributed by atoms with Crippen molar-refractivity contribution >= 4 is 63.8 Å². The highest BCUT2D eigenvalue weighted by Gasteiger charge is 2.30. The van der Waals surface area contributed by atoms with E-state index in [0.29, 0.717) is 143 Å². The fourth-order valence-corrected chi connectivity index (χ4v) is 14.4. The van der Waals surface area contributed by atoms with Crippen LogP contribution in [-0.2, 0) is 0 Å². The van der Waals surface area contributed by atoms with Crippen LogP contribution in [0.1, 0.15) is 289 Å². The molecule has 0 saturated heterocycles. The van der Waals surface area contributed by atoms with Crippen LogP contribution in [0.25, 0.3) is 0 Å². The zero-order chi connectivity index (χ0) is 77.4. The Morgan fingerprint density at radius 2 is 0.778 bits per heavy atom. The van der Waals surface area contributed by atoms with Gasteiger partial charge in [0.1, 0.15) is 64.5 Å². The number of nitrogens with one attached hydrogen (secondary N) is 1. The van der Waals surface area contributed by atoms with E-state index < -0.39 is 0 Å². The van der Waals surface area contributed by atoms with Crippen LogP contribution in [0, 0.1) is 63.1 Å². The largest absolute Gasteiger partial charge is 0.490 e. The van der Waals surface area contributed by atoms with Gasteiger partial charge in [0.2, 0.25) is 0 Å². The van der Waals surface area contributed by atoms with Gasteiger partial charge in [-0.1, -0.05) is 102 Å². The lowest BCUT2D eigenvalue weighted by Crippen LogP contribution is -2.25. The summed E-state index contributed by atoms with van der Waals surface area (Å²) in [5.74, 6) is 7.27. The Hall–Kier alpha value is -9.34. The summed E-state index contributed by atoms with van der Waals surface area (Å²) in [6.45, 7) is 16.7. The van der Waals surface area contributed by atoms with Crippen LogP contribution in [0.15, 0.2) is 116 Å². The highest BCUT2D eigenvalue weighted by Crippen LogP contribution is 2.38. The van der Waals surface area contributed by atoms with Crippen LogP contribution in [0.4, 0.5) is 0 Å². The predicted octanol–water partition coefficient (Wildman–Crippen LogP) is 21.2. The molecule has 8 aromatic rings. The Morgan fingerprint density at radius 1 is 0.398 bits per heavy atom. The lowest BCUT2D eigenvalue weighted by Gasteiger charge is -2.28. The molecule has 0 atom stereocenters. The Morgan fingerprint density at radius 3 is 1.09 bits per heavy atom. The molecule has 0 aliphatic heterocycles. The molecule has 19 nitrogen and oxygen atoms in total. The van der Waals surface area contributed by atoms with E-state index in [9.17, 15) is 14.4 Å². The number of Topliss-reactive ketones (excluding diaryl/α,β-unsaturated/α-hetero) is 3. The number of ether oxygens (including phenoxy) is 4. The number of imidazole rings is 1. The van der Waals surface area contributed by atoms with Crippen molar-refractivity contribution in [3.8, 4) is 47.3 Å². The number of ketones is 3. The number of carbonyl (C=O) groups excluding carboxylic acids is 3. The lowest BCUT2D eigenvalue weighted by atomic mass is 9.84. The molecule has 4 aliphatic rings. The van der Waals surface area contributed by atoms with Crippen LogP contribution in [-0.4, -0.2) is 81.9 Å². The van der Waals surface area contributed by atoms with Crippen molar-refractivity contribution in [1.29, 1.82) is 21.0 Å². The molecule has 0 amide bonds. The summed E-state index contributed by atoms with van der Waals surface area (Å²) in [5.41, 5.74) is 6.81. The van der Waals surface area contributed by atoms with Crippen molar-refractivity contribution in [2.75, 3.05) is 0 Å². The van der Waals surface area contributed by atoms with Crippen molar-refractivity contribution in [2.24, 2.45) is 17.8 Å². The second-order valence-corrected chi connectivity index (χ2v) is 31.3. The lowest BCUT2D eigenvalue weighted by molar-refractivity contribution is 0.0888. The number of H-pyrrole nitrogens is 1. The second-order valence-electron chi connectivity index (χ2n) is 29.6. The van der Waals surface area contributed by atoms with E-state index in [1.54, 1.807) is 97.6 Å². The minimum atomic E-state index is 0.0125. The zero-order valence-corrected chi connectivity index (χ0v) is 65.6. The van der Waals surface area contributed by atoms with E-state index in [1.807, 2.05) is 36.5 Å². The second kappa shape index (κ2) is 40.7. The first-order valence-electron chi connectivity index (χ1n) is 37.5. The molecule has 4 fully saturated rings. The molecule has 4 aromatic heterocycles. The Balaban J connectivity index is 0.000000166. The van der Waals surface area contributed by atoms with Gasteiger partial charge in [-0.25, -0.2) is 19.9 Å². The van der Waals surface area contributed by atoms with E-state index in [0.717, 1.165) is 131 Å². The minimum Gasteiger partial charge on any atom is -0.490 e. The van der Waals surface area contributed by atoms with Crippen molar-refractivity contribution in [3.05, 3.63) is 204 Å². The van der Waals surface area contributed by atoms with Gasteiger partial charge in [-0.3, -0.25) is 19.4 Å². The number of hydrogen-bond donors (Lipinski definition) is 1. The number of carbonyl (C=O) groups is 3.